The van der Waals surface area contributed by atoms with Crippen molar-refractivity contribution in [1.29, 1.82) is 0 Å². The second-order valence-electron chi connectivity index (χ2n) is 26.2. The molecule has 12 heteroatoms. The van der Waals surface area contributed by atoms with E-state index in [1.807, 2.05) is 0 Å². The molecule has 8 fully saturated rings. The van der Waals surface area contributed by atoms with Crippen molar-refractivity contribution in [2.75, 3.05) is 0 Å². The van der Waals surface area contributed by atoms with E-state index in [0.717, 1.165) is 64.0 Å². The zero-order valence-electron chi connectivity index (χ0n) is 51.1. The van der Waals surface area contributed by atoms with Crippen LogP contribution in [-0.4, -0.2) is 24.2 Å². The van der Waals surface area contributed by atoms with E-state index >= 15 is 0 Å². The molecule has 0 radical (unpaired) electrons. The number of hydrogen-bond donors (Lipinski definition) is 0. The monoisotopic (exact) mass is 1470 g/mol. The first-order valence-corrected chi connectivity index (χ1v) is 57.6. The summed E-state index contributed by atoms with van der Waals surface area (Å²) in [4.78, 5) is 0. The van der Waals surface area contributed by atoms with E-state index in [4.69, 9.17) is 51.1 Å². The topological polar surface area (TPSA) is 0 Å². The fraction of sp³-hybridized carbons (Fsp3) is 0.667. The van der Waals surface area contributed by atoms with Gasteiger partial charge in [-0.15, -0.1) is 0 Å². The van der Waals surface area contributed by atoms with Crippen molar-refractivity contribution in [3.8, 4) is 0 Å². The van der Waals surface area contributed by atoms with Gasteiger partial charge >= 0.3 is 114 Å². The van der Waals surface area contributed by atoms with Crippen LogP contribution in [0, 0.1) is 104 Å². The fourth-order valence-electron chi connectivity index (χ4n) is 19.3. The van der Waals surface area contributed by atoms with E-state index in [0.29, 0.717) is 5.54 Å². The van der Waals surface area contributed by atoms with Gasteiger partial charge in [0, 0.05) is 0 Å². The third-order valence-corrected chi connectivity index (χ3v) is 37.7. The summed E-state index contributed by atoms with van der Waals surface area (Å²) >= 11 is -2.48. The second kappa shape index (κ2) is 38.4. The van der Waals surface area contributed by atoms with Crippen LogP contribution in [0.15, 0.2) is 78.9 Å². The van der Waals surface area contributed by atoms with Gasteiger partial charge in [0.25, 0.3) is 0 Å². The van der Waals surface area contributed by atoms with Gasteiger partial charge in [-0.05, 0) is 116 Å². The summed E-state index contributed by atoms with van der Waals surface area (Å²) < 4.78 is 0. The van der Waals surface area contributed by atoms with Crippen LogP contribution < -0.4 is 0 Å². The molecule has 0 amide bonds. The van der Waals surface area contributed by atoms with Gasteiger partial charge in [-0.2, -0.15) is 0 Å². The Hall–Kier alpha value is 2.96. The van der Waals surface area contributed by atoms with Crippen LogP contribution in [0.5, 0.6) is 0 Å². The third kappa shape index (κ3) is 19.0. The molecular weight excluding hydrogens is 1360 g/mol. The molecule has 0 spiro atoms. The molecule has 0 aromatic heterocycles. The molecule has 0 saturated heterocycles. The third-order valence-electron chi connectivity index (χ3n) is 22.5. The molecule has 11 aliphatic rings. The van der Waals surface area contributed by atoms with Crippen LogP contribution in [-0.2, 0) is 62.5 Å². The molecule has 1 aromatic rings. The zero-order valence-corrected chi connectivity index (χ0v) is 66.1. The second-order valence-corrected chi connectivity index (χ2v) is 52.7. The molecule has 0 N–H and O–H groups in total. The quantitative estimate of drug-likeness (QED) is 0.197. The van der Waals surface area contributed by atoms with Crippen LogP contribution in [0.3, 0.4) is 0 Å². The Kier molecular flexibility index (Phi) is 38.9. The Labute approximate surface area is 544 Å². The van der Waals surface area contributed by atoms with Crippen LogP contribution >= 0.6 is 51.1 Å². The standard InChI is InChI=1S/C20H36Si.C20H32Si.C20H24Si.6CH3.6ClH.3Zr/c3*1-21(2,19-13-11-15-7-3-5-9-17(15)19)20-14-12-16-8-4-6-10-18(16)20;;;;;;;;;;;;;;;/h15-20H,3-14H2,1-2H3;3,5,7,9,15-20H,4,6,8,10-14H2,1-2H3;3-11,13,16,18-20H,12,14H2,1-2H3;6*1H3;6*1H;;;/q;;;6*-1;;;;;;;3*+4/p-6. The number of allylic oxidation sites excluding steroid dienone is 9. The Morgan fingerprint density at radius 2 is 0.679 bits per heavy atom. The van der Waals surface area contributed by atoms with Crippen LogP contribution in [0.4, 0.5) is 0 Å². The molecule has 1 aromatic carbocycles. The van der Waals surface area contributed by atoms with Crippen molar-refractivity contribution in [1.82, 2.24) is 0 Å². The van der Waals surface area contributed by atoms with Gasteiger partial charge in [-0.3, -0.25) is 0 Å². The molecule has 8 saturated carbocycles. The zero-order chi connectivity index (χ0) is 51.5. The SMILES string of the molecule is C[Si](C)(C1C=Cc2ccccc21)C1CCC2C=CC=CC21.C[Si](C)(C1CCC2C=CC=CC21)C1CCC2CCCCC21.C[Si](C)(C1CCC2CCCCC21)C1CCC2CCCCC21.[CH3-].[CH3-].[CH3-].[CH3-].[CH3-].[CH3-].[Cl][Zr+2][Cl].[Cl][Zr+2][Cl].[Cl][Zr+2][Cl]. The summed E-state index contributed by atoms with van der Waals surface area (Å²) in [6.45, 7) is 16.5. The Balaban J connectivity index is 0.000000524. The summed E-state index contributed by atoms with van der Waals surface area (Å²) in [6, 6.07) is 9.01. The maximum atomic E-state index is 4.93. The van der Waals surface area contributed by atoms with Crippen molar-refractivity contribution < 1.29 is 62.5 Å². The van der Waals surface area contributed by atoms with Gasteiger partial charge in [0.1, 0.15) is 0 Å². The molecule has 16 atom stereocenters. The summed E-state index contributed by atoms with van der Waals surface area (Å²) in [5.74, 6) is 10.3. The van der Waals surface area contributed by atoms with E-state index in [-0.39, 0.29) is 44.6 Å². The predicted molar refractivity (Wildman–Crippen MR) is 356 cm³/mol. The predicted octanol–water partition coefficient (Wildman–Crippen LogP) is 25.2. The summed E-state index contributed by atoms with van der Waals surface area (Å²) in [7, 11) is 26.0. The number of fused-ring (bicyclic) bond motifs is 6. The van der Waals surface area contributed by atoms with E-state index in [1.54, 1.807) is 108 Å². The van der Waals surface area contributed by atoms with Crippen LogP contribution in [0.25, 0.3) is 6.08 Å². The van der Waals surface area contributed by atoms with E-state index < -0.39 is 86.8 Å². The minimum atomic E-state index is -1.37. The molecule has 0 nitrogen and oxygen atoms in total. The van der Waals surface area contributed by atoms with E-state index in [2.05, 4.69) is 124 Å². The molecule has 0 aliphatic heterocycles. The molecular formula is C66H110Cl6Si3Zr3. The Morgan fingerprint density at radius 3 is 1.08 bits per heavy atom. The van der Waals surface area contributed by atoms with Crippen molar-refractivity contribution in [3.63, 3.8) is 0 Å². The van der Waals surface area contributed by atoms with Crippen molar-refractivity contribution in [3.05, 3.63) is 135 Å². The minimum absolute atomic E-state index is 0. The maximum absolute atomic E-state index is 4.93. The Morgan fingerprint density at radius 1 is 0.359 bits per heavy atom. The number of hydrogen-bond acceptors (Lipinski definition) is 0. The van der Waals surface area contributed by atoms with Gasteiger partial charge in [-0.25, -0.2) is 0 Å². The van der Waals surface area contributed by atoms with Gasteiger partial charge in [0.05, 0.1) is 24.2 Å². The van der Waals surface area contributed by atoms with E-state index in [1.165, 1.54) is 67.0 Å². The van der Waals surface area contributed by atoms with Gasteiger partial charge in [0.15, 0.2) is 0 Å². The number of benzene rings is 1. The molecule has 16 unspecified atom stereocenters. The first-order valence-electron chi connectivity index (χ1n) is 29.1. The molecule has 0 heterocycles. The van der Waals surface area contributed by atoms with Crippen molar-refractivity contribution >= 4 is 81.4 Å². The molecule has 440 valence electrons. The average molecular weight is 1470 g/mol. The molecule has 78 heavy (non-hydrogen) atoms. The Bertz CT molecular complexity index is 1940. The number of rotatable bonds is 6. The summed E-state index contributed by atoms with van der Waals surface area (Å²) in [5, 5.41) is 0. The van der Waals surface area contributed by atoms with Crippen molar-refractivity contribution in [2.24, 2.45) is 59.2 Å². The van der Waals surface area contributed by atoms with Crippen molar-refractivity contribution in [2.45, 2.75) is 214 Å². The normalized spacial score (nSPS) is 34.3. The van der Waals surface area contributed by atoms with E-state index in [9.17, 15) is 0 Å². The summed E-state index contributed by atoms with van der Waals surface area (Å²) in [5.41, 5.74) is 9.29. The number of halogens is 6. The van der Waals surface area contributed by atoms with Gasteiger partial charge in [0.2, 0.25) is 0 Å². The first kappa shape index (κ1) is 79.0. The molecule has 11 aliphatic carbocycles. The first-order chi connectivity index (χ1) is 34.8. The van der Waals surface area contributed by atoms with Gasteiger partial charge < -0.3 is 44.6 Å². The molecule has 12 rings (SSSR count). The molecule has 0 bridgehead atoms. The summed E-state index contributed by atoms with van der Waals surface area (Å²) in [6.07, 6.45) is 58.3. The van der Waals surface area contributed by atoms with Crippen LogP contribution in [0.1, 0.15) is 158 Å². The fourth-order valence-corrected chi connectivity index (χ4v) is 34.4. The average Bonchev–Trinajstić information content (AvgIpc) is 4.26. The van der Waals surface area contributed by atoms with Gasteiger partial charge in [-0.1, -0.05) is 253 Å². The van der Waals surface area contributed by atoms with Crippen LogP contribution in [0.2, 0.25) is 67.0 Å².